The van der Waals surface area contributed by atoms with E-state index in [9.17, 15) is 10.1 Å². The first kappa shape index (κ1) is 19.3. The minimum Gasteiger partial charge on any atom is -0.491 e. The topological polar surface area (TPSA) is 122 Å². The first-order chi connectivity index (χ1) is 13.6. The molecule has 0 saturated heterocycles. The smallest absolute Gasteiger partial charge is 0.293 e. The van der Waals surface area contributed by atoms with Gasteiger partial charge >= 0.3 is 0 Å². The molecule has 1 heterocycles. The quantitative estimate of drug-likeness (QED) is 0.381. The Hall–Kier alpha value is -3.46. The van der Waals surface area contributed by atoms with E-state index in [1.165, 1.54) is 12.4 Å². The molecule has 0 unspecified atom stereocenters. The summed E-state index contributed by atoms with van der Waals surface area (Å²) in [6.45, 7) is 3.07. The molecule has 3 rings (SSSR count). The van der Waals surface area contributed by atoms with Gasteiger partial charge in [-0.2, -0.15) is 0 Å². The van der Waals surface area contributed by atoms with Gasteiger partial charge in [0.05, 0.1) is 17.0 Å². The van der Waals surface area contributed by atoms with E-state index < -0.39 is 4.92 Å². The predicted octanol–water partition coefficient (Wildman–Crippen LogP) is 2.95. The summed E-state index contributed by atoms with van der Waals surface area (Å²) in [7, 11) is 0. The van der Waals surface area contributed by atoms with E-state index in [4.69, 9.17) is 9.84 Å². The zero-order chi connectivity index (χ0) is 19.9. The van der Waals surface area contributed by atoms with Crippen LogP contribution in [0.15, 0.2) is 42.7 Å². The highest BCUT2D eigenvalue weighted by molar-refractivity contribution is 5.94. The van der Waals surface area contributed by atoms with Crippen LogP contribution in [-0.2, 0) is 6.54 Å². The molecule has 0 saturated carbocycles. The van der Waals surface area contributed by atoms with Crippen molar-refractivity contribution in [3.8, 4) is 5.75 Å². The molecule has 3 N–H and O–H groups in total. The van der Waals surface area contributed by atoms with E-state index in [0.717, 1.165) is 5.56 Å². The molecule has 1 aromatic heterocycles. The predicted molar refractivity (Wildman–Crippen MR) is 107 cm³/mol. The summed E-state index contributed by atoms with van der Waals surface area (Å²) in [6, 6.07) is 10.6. The number of nitro benzene ring substituents is 1. The second kappa shape index (κ2) is 8.96. The minimum absolute atomic E-state index is 0.0217. The van der Waals surface area contributed by atoms with Gasteiger partial charge in [-0.25, -0.2) is 9.97 Å². The molecule has 2 aromatic carbocycles. The maximum atomic E-state index is 11.4. The van der Waals surface area contributed by atoms with E-state index in [0.29, 0.717) is 41.2 Å². The molecule has 3 aromatic rings. The van der Waals surface area contributed by atoms with E-state index in [1.807, 2.05) is 31.2 Å². The first-order valence-corrected chi connectivity index (χ1v) is 8.86. The monoisotopic (exact) mass is 383 g/mol. The molecular formula is C19H21N5O4. The van der Waals surface area contributed by atoms with E-state index in [-0.39, 0.29) is 18.9 Å². The van der Waals surface area contributed by atoms with Crippen molar-refractivity contribution in [2.24, 2.45) is 0 Å². The fourth-order valence-electron chi connectivity index (χ4n) is 2.81. The number of rotatable bonds is 9. The molecular weight excluding hydrogens is 362 g/mol. The van der Waals surface area contributed by atoms with Crippen LogP contribution in [0, 0.1) is 10.1 Å². The zero-order valence-corrected chi connectivity index (χ0v) is 15.4. The number of benzene rings is 2. The summed E-state index contributed by atoms with van der Waals surface area (Å²) in [4.78, 5) is 19.5. The Morgan fingerprint density at radius 1 is 1.21 bits per heavy atom. The average molecular weight is 383 g/mol. The van der Waals surface area contributed by atoms with Gasteiger partial charge in [-0.15, -0.1) is 0 Å². The Bertz CT molecular complexity index is 980. The van der Waals surface area contributed by atoms with Gasteiger partial charge in [0.25, 0.3) is 5.69 Å². The summed E-state index contributed by atoms with van der Waals surface area (Å²) < 4.78 is 5.41. The molecule has 28 heavy (non-hydrogen) atoms. The molecule has 0 aliphatic rings. The molecule has 0 radical (unpaired) electrons. The van der Waals surface area contributed by atoms with Crippen LogP contribution in [0.4, 0.5) is 17.2 Å². The van der Waals surface area contributed by atoms with Gasteiger partial charge in [0, 0.05) is 24.5 Å². The number of nitro groups is 1. The number of ether oxygens (including phenoxy) is 1. The molecule has 0 aliphatic carbocycles. The first-order valence-electron chi connectivity index (χ1n) is 8.86. The minimum atomic E-state index is -0.420. The lowest BCUT2D eigenvalue weighted by molar-refractivity contribution is -0.383. The molecule has 0 atom stereocenters. The van der Waals surface area contributed by atoms with Crippen molar-refractivity contribution >= 4 is 28.1 Å². The van der Waals surface area contributed by atoms with Crippen molar-refractivity contribution in [1.82, 2.24) is 9.97 Å². The van der Waals surface area contributed by atoms with E-state index in [2.05, 4.69) is 20.6 Å². The van der Waals surface area contributed by atoms with Crippen LogP contribution < -0.4 is 15.4 Å². The van der Waals surface area contributed by atoms with Crippen molar-refractivity contribution < 1.29 is 14.8 Å². The zero-order valence-electron chi connectivity index (χ0n) is 15.4. The van der Waals surface area contributed by atoms with Crippen LogP contribution >= 0.6 is 0 Å². The second-order valence-corrected chi connectivity index (χ2v) is 5.97. The third-order valence-electron chi connectivity index (χ3n) is 4.04. The van der Waals surface area contributed by atoms with Crippen LogP contribution in [-0.4, -0.2) is 39.8 Å². The number of fused-ring (bicyclic) bond motifs is 1. The fraction of sp³-hybridized carbons (Fsp3) is 0.263. The maximum Gasteiger partial charge on any atom is 0.293 e. The molecule has 9 heteroatoms. The third kappa shape index (κ3) is 4.44. The number of anilines is 2. The fourth-order valence-corrected chi connectivity index (χ4v) is 2.81. The van der Waals surface area contributed by atoms with Crippen molar-refractivity contribution in [3.63, 3.8) is 0 Å². The van der Waals surface area contributed by atoms with Crippen LogP contribution in [0.3, 0.4) is 0 Å². The Kier molecular flexibility index (Phi) is 6.18. The van der Waals surface area contributed by atoms with Crippen molar-refractivity contribution in [2.75, 3.05) is 30.4 Å². The Morgan fingerprint density at radius 2 is 2.07 bits per heavy atom. The lowest BCUT2D eigenvalue weighted by Crippen LogP contribution is -2.06. The number of aliphatic hydroxyl groups excluding tert-OH is 1. The van der Waals surface area contributed by atoms with Gasteiger partial charge in [0.15, 0.2) is 0 Å². The number of nitrogens with one attached hydrogen (secondary N) is 2. The number of hydrogen-bond donors (Lipinski definition) is 3. The number of hydrogen-bond acceptors (Lipinski definition) is 8. The van der Waals surface area contributed by atoms with Gasteiger partial charge in [0.1, 0.15) is 30.2 Å². The van der Waals surface area contributed by atoms with Crippen LogP contribution in [0.25, 0.3) is 10.9 Å². The summed E-state index contributed by atoms with van der Waals surface area (Å²) in [5.41, 5.74) is 1.96. The van der Waals surface area contributed by atoms with Gasteiger partial charge in [-0.1, -0.05) is 12.1 Å². The normalized spacial score (nSPS) is 10.6. The maximum absolute atomic E-state index is 11.4. The van der Waals surface area contributed by atoms with Crippen molar-refractivity contribution in [3.05, 3.63) is 58.4 Å². The third-order valence-corrected chi connectivity index (χ3v) is 4.04. The van der Waals surface area contributed by atoms with E-state index in [1.54, 1.807) is 6.07 Å². The standard InChI is InChI=1S/C19H21N5O4/c1-2-20-17-10-16-15(9-18(17)24(26)27)19(23-12-22-16)21-11-13-4-3-5-14(8-13)28-7-6-25/h3-5,8-10,12,20,25H,2,6-7,11H2,1H3,(H,21,22,23). The highest BCUT2D eigenvalue weighted by Gasteiger charge is 2.17. The highest BCUT2D eigenvalue weighted by atomic mass is 16.6. The average Bonchev–Trinajstić information content (AvgIpc) is 2.70. The van der Waals surface area contributed by atoms with Gasteiger partial charge < -0.3 is 20.5 Å². The number of nitrogens with zero attached hydrogens (tertiary/aromatic N) is 3. The lowest BCUT2D eigenvalue weighted by Gasteiger charge is -2.11. The molecule has 0 bridgehead atoms. The van der Waals surface area contributed by atoms with Crippen LogP contribution in [0.5, 0.6) is 5.75 Å². The second-order valence-electron chi connectivity index (χ2n) is 5.97. The van der Waals surface area contributed by atoms with E-state index >= 15 is 0 Å². The van der Waals surface area contributed by atoms with Crippen molar-refractivity contribution in [1.29, 1.82) is 0 Å². The summed E-state index contributed by atoms with van der Waals surface area (Å²) >= 11 is 0. The summed E-state index contributed by atoms with van der Waals surface area (Å²) in [6.07, 6.45) is 1.42. The molecule has 0 amide bonds. The molecule has 146 valence electrons. The Balaban J connectivity index is 1.87. The summed E-state index contributed by atoms with van der Waals surface area (Å²) in [5, 5.41) is 27.1. The van der Waals surface area contributed by atoms with Crippen LogP contribution in [0.2, 0.25) is 0 Å². The van der Waals surface area contributed by atoms with Gasteiger partial charge in [0.2, 0.25) is 0 Å². The van der Waals surface area contributed by atoms with Gasteiger partial charge in [-0.3, -0.25) is 10.1 Å². The molecule has 0 fully saturated rings. The largest absolute Gasteiger partial charge is 0.491 e. The molecule has 0 aliphatic heterocycles. The Labute approximate surface area is 161 Å². The highest BCUT2D eigenvalue weighted by Crippen LogP contribution is 2.32. The molecule has 0 spiro atoms. The van der Waals surface area contributed by atoms with Crippen LogP contribution in [0.1, 0.15) is 12.5 Å². The lowest BCUT2D eigenvalue weighted by atomic mass is 10.1. The van der Waals surface area contributed by atoms with Crippen molar-refractivity contribution in [2.45, 2.75) is 13.5 Å². The SMILES string of the molecule is CCNc1cc2ncnc(NCc3cccc(OCCO)c3)c2cc1[N+](=O)[O-]. The number of aromatic nitrogens is 2. The van der Waals surface area contributed by atoms with Gasteiger partial charge in [-0.05, 0) is 30.7 Å². The Morgan fingerprint density at radius 3 is 2.82 bits per heavy atom. The molecule has 9 nitrogen and oxygen atoms in total. The summed E-state index contributed by atoms with van der Waals surface area (Å²) in [5.74, 6) is 1.17. The number of aliphatic hydroxyl groups is 1.